The summed E-state index contributed by atoms with van der Waals surface area (Å²) in [7, 11) is 2.19. The normalized spacial score (nSPS) is 20.3. The third kappa shape index (κ3) is 6.16. The molecule has 0 bridgehead atoms. The number of rotatable bonds is 2. The number of nitrogens with zero attached hydrogens (tertiary/aromatic N) is 2. The Morgan fingerprint density at radius 3 is 2.15 bits per heavy atom. The maximum atomic E-state index is 2.53. The van der Waals surface area contributed by atoms with Crippen molar-refractivity contribution in [1.29, 1.82) is 0 Å². The van der Waals surface area contributed by atoms with Gasteiger partial charge in [-0.2, -0.15) is 0 Å². The summed E-state index contributed by atoms with van der Waals surface area (Å²) in [6, 6.07) is 0. The van der Waals surface area contributed by atoms with E-state index in [9.17, 15) is 0 Å². The fraction of sp³-hybridized carbons (Fsp3) is 1.00. The molecule has 2 nitrogen and oxygen atoms in total. The second-order valence-corrected chi connectivity index (χ2v) is 5.15. The summed E-state index contributed by atoms with van der Waals surface area (Å²) in [4.78, 5) is 4.91. The molecule has 1 rings (SSSR count). The van der Waals surface area contributed by atoms with Crippen molar-refractivity contribution in [2.45, 2.75) is 27.2 Å². The van der Waals surface area contributed by atoms with Crippen LogP contribution in [-0.2, 0) is 32.7 Å². The maximum absolute atomic E-state index is 2.53. The minimum absolute atomic E-state index is 0. The minimum atomic E-state index is 0. The Kier molecular flexibility index (Phi) is 6.25. The van der Waals surface area contributed by atoms with Gasteiger partial charge < -0.3 is 0 Å². The zero-order valence-electron chi connectivity index (χ0n) is 9.51. The average Bonchev–Trinajstić information content (AvgIpc) is 2.30. The summed E-state index contributed by atoms with van der Waals surface area (Å²) in [5, 5.41) is 0. The van der Waals surface area contributed by atoms with Crippen molar-refractivity contribution in [3.8, 4) is 0 Å². The molecule has 0 unspecified atom stereocenters. The van der Waals surface area contributed by atoms with Crippen molar-refractivity contribution in [1.82, 2.24) is 9.80 Å². The molecule has 1 aliphatic heterocycles. The topological polar surface area (TPSA) is 6.48 Å². The van der Waals surface area contributed by atoms with Gasteiger partial charge in [0.15, 0.2) is 0 Å². The van der Waals surface area contributed by atoms with Crippen molar-refractivity contribution in [3.05, 3.63) is 0 Å². The molecular weight excluding hydrogens is 237 g/mol. The van der Waals surface area contributed by atoms with Crippen LogP contribution in [0, 0.1) is 5.41 Å². The van der Waals surface area contributed by atoms with Gasteiger partial charge in [-0.25, -0.2) is 0 Å². The maximum Gasteiger partial charge on any atom is 0.0504 e. The van der Waals surface area contributed by atoms with Crippen LogP contribution in [0.1, 0.15) is 27.2 Å². The van der Waals surface area contributed by atoms with Crippen molar-refractivity contribution < 1.29 is 32.7 Å². The third-order valence-electron chi connectivity index (χ3n) is 2.42. The molecule has 0 aromatic rings. The van der Waals surface area contributed by atoms with E-state index in [0.29, 0.717) is 5.41 Å². The second-order valence-electron chi connectivity index (χ2n) is 5.15. The van der Waals surface area contributed by atoms with Gasteiger partial charge in [0, 0.05) is 45.8 Å². The molecule has 0 atom stereocenters. The molecule has 13 heavy (non-hydrogen) atoms. The minimum Gasteiger partial charge on any atom is -0.292 e. The van der Waals surface area contributed by atoms with Gasteiger partial charge in [0.05, 0.1) is 6.67 Å². The van der Waals surface area contributed by atoms with Crippen molar-refractivity contribution >= 4 is 0 Å². The van der Waals surface area contributed by atoms with Gasteiger partial charge in [-0.1, -0.05) is 20.8 Å². The van der Waals surface area contributed by atoms with Crippen LogP contribution < -0.4 is 0 Å². The smallest absolute Gasteiger partial charge is 0.0504 e. The predicted molar refractivity (Wildman–Crippen MR) is 53.1 cm³/mol. The molecule has 0 N–H and O–H groups in total. The zero-order chi connectivity index (χ0) is 9.19. The number of hydrogen-bond donors (Lipinski definition) is 0. The first kappa shape index (κ1) is 14.0. The molecule has 3 heteroatoms. The van der Waals surface area contributed by atoms with Crippen LogP contribution >= 0.6 is 0 Å². The van der Waals surface area contributed by atoms with Gasteiger partial charge in [-0.15, -0.1) is 0 Å². The van der Waals surface area contributed by atoms with E-state index in [0.717, 1.165) is 6.67 Å². The number of hydrogen-bond acceptors (Lipinski definition) is 2. The molecule has 0 saturated carbocycles. The van der Waals surface area contributed by atoms with Gasteiger partial charge in [0.2, 0.25) is 0 Å². The molecule has 1 saturated heterocycles. The Morgan fingerprint density at radius 2 is 1.77 bits per heavy atom. The van der Waals surface area contributed by atoms with Crippen LogP contribution in [0.5, 0.6) is 0 Å². The van der Waals surface area contributed by atoms with Gasteiger partial charge in [-0.3, -0.25) is 9.80 Å². The Morgan fingerprint density at radius 1 is 1.15 bits per heavy atom. The first-order valence-electron chi connectivity index (χ1n) is 4.88. The Balaban J connectivity index is 0.00000144. The van der Waals surface area contributed by atoms with Crippen LogP contribution in [0.15, 0.2) is 0 Å². The van der Waals surface area contributed by atoms with Crippen molar-refractivity contribution in [3.63, 3.8) is 0 Å². The van der Waals surface area contributed by atoms with Gasteiger partial charge in [0.25, 0.3) is 0 Å². The summed E-state index contributed by atoms with van der Waals surface area (Å²) < 4.78 is 0. The van der Waals surface area contributed by atoms with E-state index in [1.807, 2.05) is 0 Å². The molecule has 1 fully saturated rings. The summed E-state index contributed by atoms with van der Waals surface area (Å²) in [5.41, 5.74) is 0.487. The fourth-order valence-corrected chi connectivity index (χ4v) is 1.47. The molecule has 0 amide bonds. The van der Waals surface area contributed by atoms with E-state index >= 15 is 0 Å². The largest absolute Gasteiger partial charge is 0.292 e. The van der Waals surface area contributed by atoms with E-state index in [1.165, 1.54) is 26.1 Å². The van der Waals surface area contributed by atoms with Gasteiger partial charge in [-0.05, 0) is 25.4 Å². The monoisotopic (exact) mass is 259 g/mol. The summed E-state index contributed by atoms with van der Waals surface area (Å²) in [5.74, 6) is 0. The second kappa shape index (κ2) is 5.80. The van der Waals surface area contributed by atoms with E-state index < -0.39 is 0 Å². The molecule has 75 valence electrons. The van der Waals surface area contributed by atoms with Crippen molar-refractivity contribution in [2.75, 3.05) is 33.4 Å². The molecule has 0 aromatic carbocycles. The summed E-state index contributed by atoms with van der Waals surface area (Å²) >= 11 is 0. The zero-order valence-corrected chi connectivity index (χ0v) is 12.3. The van der Waals surface area contributed by atoms with Crippen molar-refractivity contribution in [2.24, 2.45) is 5.41 Å². The van der Waals surface area contributed by atoms with Gasteiger partial charge in [0.1, 0.15) is 0 Å². The van der Waals surface area contributed by atoms with Gasteiger partial charge >= 0.3 is 0 Å². The average molecular weight is 259 g/mol. The van der Waals surface area contributed by atoms with E-state index in [2.05, 4.69) is 37.6 Å². The fourth-order valence-electron chi connectivity index (χ4n) is 1.47. The summed E-state index contributed by atoms with van der Waals surface area (Å²) in [6.45, 7) is 11.9. The standard InChI is InChI=1S/C10H22N2.Y/c1-10(2,3)5-6-12-8-7-11(4)9-12;/h5-9H2,1-4H3;. The quantitative estimate of drug-likeness (QED) is 0.743. The predicted octanol–water partition coefficient (Wildman–Crippen LogP) is 1.62. The van der Waals surface area contributed by atoms with Crippen LogP contribution in [0.3, 0.4) is 0 Å². The van der Waals surface area contributed by atoms with E-state index in [-0.39, 0.29) is 32.7 Å². The molecule has 1 heterocycles. The first-order chi connectivity index (χ1) is 5.47. The molecule has 0 spiro atoms. The Labute approximate surface area is 108 Å². The van der Waals surface area contributed by atoms with E-state index in [4.69, 9.17) is 0 Å². The molecule has 1 aliphatic rings. The third-order valence-corrected chi connectivity index (χ3v) is 2.42. The molecular formula is C10H22N2Y. The summed E-state index contributed by atoms with van der Waals surface area (Å²) in [6.07, 6.45) is 1.31. The van der Waals surface area contributed by atoms with Crippen LogP contribution in [0.4, 0.5) is 0 Å². The first-order valence-corrected chi connectivity index (χ1v) is 4.88. The molecule has 1 radical (unpaired) electrons. The molecule has 0 aromatic heterocycles. The molecule has 0 aliphatic carbocycles. The number of likely N-dealkylation sites (N-methyl/N-ethyl adjacent to an activating group) is 1. The Bertz CT molecular complexity index is 142. The SMILES string of the molecule is CN1CCN(CCC(C)(C)C)C1.[Y]. The van der Waals surface area contributed by atoms with Crippen LogP contribution in [0.2, 0.25) is 0 Å². The Hall–Kier alpha value is 1.02. The van der Waals surface area contributed by atoms with E-state index in [1.54, 1.807) is 0 Å². The van der Waals surface area contributed by atoms with Crippen LogP contribution in [0.25, 0.3) is 0 Å². The van der Waals surface area contributed by atoms with Crippen LogP contribution in [-0.4, -0.2) is 43.2 Å².